The lowest BCUT2D eigenvalue weighted by molar-refractivity contribution is 0.102. The summed E-state index contributed by atoms with van der Waals surface area (Å²) in [5.74, 6) is 0.255. The minimum Gasteiger partial charge on any atom is -0.492 e. The first-order valence-electron chi connectivity index (χ1n) is 15.3. The monoisotopic (exact) mass is 700 g/mol. The van der Waals surface area contributed by atoms with Crippen molar-refractivity contribution in [2.75, 3.05) is 41.2 Å². The van der Waals surface area contributed by atoms with Crippen molar-refractivity contribution in [3.8, 4) is 16.9 Å². The van der Waals surface area contributed by atoms with Gasteiger partial charge in [0.1, 0.15) is 0 Å². The SMILES string of the molecule is COc1c(NC(=O)c2ccc(C)c(-c3ccc4nc(Nc5ccc(N=S(C)(C)=O)cc5)ncc4c3)c2)cc(C(C)(C)C)cc1NS(C)(=O)=O. The van der Waals surface area contributed by atoms with Gasteiger partial charge in [0.2, 0.25) is 16.0 Å². The van der Waals surface area contributed by atoms with Crippen molar-refractivity contribution in [3.05, 3.63) is 95.7 Å². The van der Waals surface area contributed by atoms with Crippen LogP contribution in [0.25, 0.3) is 22.0 Å². The lowest BCUT2D eigenvalue weighted by Crippen LogP contribution is -2.18. The largest absolute Gasteiger partial charge is 0.492 e. The molecule has 13 heteroatoms. The third-order valence-corrected chi connectivity index (χ3v) is 8.78. The number of rotatable bonds is 9. The molecule has 4 aromatic carbocycles. The van der Waals surface area contributed by atoms with Gasteiger partial charge in [-0.05, 0) is 95.3 Å². The van der Waals surface area contributed by atoms with E-state index < -0.39 is 19.8 Å². The zero-order valence-electron chi connectivity index (χ0n) is 28.7. The highest BCUT2D eigenvalue weighted by atomic mass is 32.2. The number of benzene rings is 4. The van der Waals surface area contributed by atoms with Gasteiger partial charge in [-0.25, -0.2) is 22.6 Å². The molecule has 49 heavy (non-hydrogen) atoms. The second kappa shape index (κ2) is 13.5. The molecule has 0 atom stereocenters. The van der Waals surface area contributed by atoms with E-state index in [0.29, 0.717) is 22.9 Å². The van der Waals surface area contributed by atoms with Gasteiger partial charge in [0, 0.05) is 45.1 Å². The Balaban J connectivity index is 1.41. The van der Waals surface area contributed by atoms with Crippen LogP contribution in [0.5, 0.6) is 5.75 Å². The summed E-state index contributed by atoms with van der Waals surface area (Å²) in [5, 5.41) is 6.95. The summed E-state index contributed by atoms with van der Waals surface area (Å²) < 4.78 is 48.5. The highest BCUT2D eigenvalue weighted by molar-refractivity contribution is 7.92. The van der Waals surface area contributed by atoms with Gasteiger partial charge in [0.05, 0.1) is 35.9 Å². The van der Waals surface area contributed by atoms with Crippen LogP contribution in [0.1, 0.15) is 42.3 Å². The van der Waals surface area contributed by atoms with E-state index >= 15 is 0 Å². The van der Waals surface area contributed by atoms with Crippen molar-refractivity contribution in [2.24, 2.45) is 4.36 Å². The Morgan fingerprint density at radius 2 is 1.57 bits per heavy atom. The third kappa shape index (κ3) is 8.92. The van der Waals surface area contributed by atoms with E-state index in [1.807, 2.05) is 70.2 Å². The van der Waals surface area contributed by atoms with Gasteiger partial charge >= 0.3 is 0 Å². The van der Waals surface area contributed by atoms with E-state index in [-0.39, 0.29) is 22.8 Å². The Bertz CT molecular complexity index is 2300. The fourth-order valence-electron chi connectivity index (χ4n) is 5.17. The normalized spacial score (nSPS) is 12.0. The minimum atomic E-state index is -3.62. The Morgan fingerprint density at radius 3 is 2.20 bits per heavy atom. The number of aryl methyl sites for hydroxylation is 1. The molecule has 0 aliphatic carbocycles. The number of anilines is 4. The summed E-state index contributed by atoms with van der Waals surface area (Å²) in [7, 11) is -4.44. The smallest absolute Gasteiger partial charge is 0.255 e. The standard InChI is InChI=1S/C36H40N6O5S2/c1-22-9-10-24(34(43)39-31-19-26(36(2,3)4)20-32(33(31)47-5)42-49(8,45)46)18-29(22)23-11-16-30-25(17-23)21-37-35(40-30)38-27-12-14-28(15-13-27)41-48(6,7)44/h9-21,42H,1-8H3,(H,39,43)(H,37,38,40). The van der Waals surface area contributed by atoms with Crippen molar-refractivity contribution in [1.82, 2.24) is 9.97 Å². The molecule has 1 heterocycles. The lowest BCUT2D eigenvalue weighted by Gasteiger charge is -2.24. The molecule has 1 aromatic heterocycles. The van der Waals surface area contributed by atoms with Crippen LogP contribution in [0.2, 0.25) is 0 Å². The molecule has 0 fully saturated rings. The molecule has 11 nitrogen and oxygen atoms in total. The number of aromatic nitrogens is 2. The van der Waals surface area contributed by atoms with Crippen molar-refractivity contribution in [3.63, 3.8) is 0 Å². The van der Waals surface area contributed by atoms with Crippen molar-refractivity contribution in [2.45, 2.75) is 33.1 Å². The first-order chi connectivity index (χ1) is 22.9. The van der Waals surface area contributed by atoms with Gasteiger partial charge in [0.25, 0.3) is 5.91 Å². The summed E-state index contributed by atoms with van der Waals surface area (Å²) in [6.07, 6.45) is 5.99. The Kier molecular flexibility index (Phi) is 9.71. The van der Waals surface area contributed by atoms with Crippen molar-refractivity contribution in [1.29, 1.82) is 0 Å². The number of fused-ring (bicyclic) bond motifs is 1. The van der Waals surface area contributed by atoms with Crippen LogP contribution in [0.15, 0.2) is 83.4 Å². The quantitative estimate of drug-likeness (QED) is 0.142. The topological polar surface area (TPSA) is 152 Å². The molecule has 1 amide bonds. The molecule has 5 rings (SSSR count). The maximum Gasteiger partial charge on any atom is 0.255 e. The molecule has 0 radical (unpaired) electrons. The number of amides is 1. The zero-order chi connectivity index (χ0) is 35.7. The van der Waals surface area contributed by atoms with E-state index in [1.165, 1.54) is 7.11 Å². The Hall–Kier alpha value is -5.01. The highest BCUT2D eigenvalue weighted by Crippen LogP contribution is 2.39. The van der Waals surface area contributed by atoms with E-state index in [1.54, 1.807) is 49.0 Å². The van der Waals surface area contributed by atoms with Crippen LogP contribution < -0.4 is 20.1 Å². The van der Waals surface area contributed by atoms with E-state index in [2.05, 4.69) is 29.7 Å². The van der Waals surface area contributed by atoms with Gasteiger partial charge in [0.15, 0.2) is 5.75 Å². The van der Waals surface area contributed by atoms with Crippen LogP contribution in [-0.4, -0.2) is 54.4 Å². The van der Waals surface area contributed by atoms with Gasteiger partial charge in [-0.1, -0.05) is 32.9 Å². The number of hydrogen-bond acceptors (Lipinski definition) is 9. The van der Waals surface area contributed by atoms with Crippen LogP contribution in [-0.2, 0) is 25.2 Å². The fraction of sp³-hybridized carbons (Fsp3) is 0.250. The fourth-order valence-corrected chi connectivity index (χ4v) is 6.35. The minimum absolute atomic E-state index is 0.208. The third-order valence-electron chi connectivity index (χ3n) is 7.54. The molecular formula is C36H40N6O5S2. The molecule has 0 aliphatic rings. The molecular weight excluding hydrogens is 661 g/mol. The summed E-state index contributed by atoms with van der Waals surface area (Å²) in [6, 6.07) is 22.0. The summed E-state index contributed by atoms with van der Waals surface area (Å²) in [5.41, 5.74) is 6.33. The average molecular weight is 701 g/mol. The number of methoxy groups -OCH3 is 1. The highest BCUT2D eigenvalue weighted by Gasteiger charge is 2.23. The van der Waals surface area contributed by atoms with Crippen LogP contribution in [0.3, 0.4) is 0 Å². The number of carbonyl (C=O) groups is 1. The molecule has 0 unspecified atom stereocenters. The maximum absolute atomic E-state index is 13.7. The van der Waals surface area contributed by atoms with Crippen molar-refractivity contribution >= 4 is 65.3 Å². The summed E-state index contributed by atoms with van der Waals surface area (Å²) >= 11 is 0. The Morgan fingerprint density at radius 1 is 0.878 bits per heavy atom. The van der Waals surface area contributed by atoms with Crippen LogP contribution in [0, 0.1) is 6.92 Å². The maximum atomic E-state index is 13.7. The predicted molar refractivity (Wildman–Crippen MR) is 200 cm³/mol. The number of nitrogens with zero attached hydrogens (tertiary/aromatic N) is 3. The number of carbonyl (C=O) groups excluding carboxylic acids is 1. The molecule has 0 saturated carbocycles. The van der Waals surface area contributed by atoms with Crippen LogP contribution in [0.4, 0.5) is 28.7 Å². The Labute approximate surface area is 287 Å². The molecule has 3 N–H and O–H groups in total. The number of hydrogen-bond donors (Lipinski definition) is 3. The van der Waals surface area contributed by atoms with Crippen molar-refractivity contribution < 1.29 is 22.2 Å². The summed E-state index contributed by atoms with van der Waals surface area (Å²) in [6.45, 7) is 7.97. The number of sulfonamides is 1. The van der Waals surface area contributed by atoms with Gasteiger partial charge in [-0.3, -0.25) is 9.52 Å². The first-order valence-corrected chi connectivity index (χ1v) is 19.5. The van der Waals surface area contributed by atoms with Gasteiger partial charge in [-0.15, -0.1) is 0 Å². The molecule has 256 valence electrons. The average Bonchev–Trinajstić information content (AvgIpc) is 3.00. The lowest BCUT2D eigenvalue weighted by atomic mass is 9.86. The van der Waals surface area contributed by atoms with E-state index in [9.17, 15) is 17.4 Å². The molecule has 5 aromatic rings. The zero-order valence-corrected chi connectivity index (χ0v) is 30.3. The molecule has 0 spiro atoms. The first kappa shape index (κ1) is 35.3. The predicted octanol–water partition coefficient (Wildman–Crippen LogP) is 7.64. The molecule has 0 aliphatic heterocycles. The second-order valence-electron chi connectivity index (χ2n) is 13.1. The molecule has 0 saturated heterocycles. The summed E-state index contributed by atoms with van der Waals surface area (Å²) in [4.78, 5) is 22.8. The van der Waals surface area contributed by atoms with Gasteiger partial charge < -0.3 is 15.4 Å². The van der Waals surface area contributed by atoms with E-state index in [0.717, 1.165) is 45.1 Å². The van der Waals surface area contributed by atoms with E-state index in [4.69, 9.17) is 4.74 Å². The molecule has 0 bridgehead atoms. The van der Waals surface area contributed by atoms with Gasteiger partial charge in [-0.2, -0.15) is 4.36 Å². The van der Waals surface area contributed by atoms with Crippen LogP contribution >= 0.6 is 0 Å². The number of ether oxygens (including phenoxy) is 1. The number of nitrogens with one attached hydrogen (secondary N) is 3. The second-order valence-corrected chi connectivity index (χ2v) is 17.4.